The minimum Gasteiger partial charge on any atom is -0.389 e. The Kier molecular flexibility index (Phi) is 3.92. The quantitative estimate of drug-likeness (QED) is 0.858. The van der Waals surface area contributed by atoms with Gasteiger partial charge in [0.25, 0.3) is 0 Å². The minimum atomic E-state index is -0.889. The van der Waals surface area contributed by atoms with Crippen LogP contribution in [0, 0.1) is 0 Å². The molecule has 0 radical (unpaired) electrons. The number of aryl methyl sites for hydroxylation is 1. The van der Waals surface area contributed by atoms with Gasteiger partial charge in [-0.1, -0.05) is 12.1 Å². The summed E-state index contributed by atoms with van der Waals surface area (Å²) in [5, 5.41) is 9.94. The van der Waals surface area contributed by atoms with E-state index in [2.05, 4.69) is 6.07 Å². The maximum atomic E-state index is 12.0. The molecular weight excluding hydrogens is 240 g/mol. The Balaban J connectivity index is 2.31. The average Bonchev–Trinajstić information content (AvgIpc) is 2.32. The second-order valence-electron chi connectivity index (χ2n) is 5.79. The molecular formula is C15H22N2O2. The second kappa shape index (κ2) is 5.31. The molecule has 3 N–H and O–H groups in total. The van der Waals surface area contributed by atoms with Crippen LogP contribution >= 0.6 is 0 Å². The van der Waals surface area contributed by atoms with Gasteiger partial charge in [0.2, 0.25) is 5.91 Å². The van der Waals surface area contributed by atoms with E-state index in [1.54, 1.807) is 18.7 Å². The van der Waals surface area contributed by atoms with Crippen LogP contribution in [-0.2, 0) is 17.6 Å². The van der Waals surface area contributed by atoms with Crippen LogP contribution < -0.4 is 10.6 Å². The fourth-order valence-corrected chi connectivity index (χ4v) is 2.50. The van der Waals surface area contributed by atoms with Crippen LogP contribution in [0.1, 0.15) is 31.4 Å². The lowest BCUT2D eigenvalue weighted by Crippen LogP contribution is -2.44. The molecule has 0 unspecified atom stereocenters. The van der Waals surface area contributed by atoms with Crippen molar-refractivity contribution in [3.05, 3.63) is 29.3 Å². The number of hydrogen-bond acceptors (Lipinski definition) is 3. The molecule has 0 fully saturated rings. The predicted octanol–water partition coefficient (Wildman–Crippen LogP) is 1.24. The number of carbonyl (C=O) groups excluding carboxylic acids is 1. The highest BCUT2D eigenvalue weighted by Crippen LogP contribution is 2.30. The largest absolute Gasteiger partial charge is 0.389 e. The zero-order valence-electron chi connectivity index (χ0n) is 11.6. The van der Waals surface area contributed by atoms with E-state index in [4.69, 9.17) is 5.73 Å². The number of nitrogens with two attached hydrogens (primary N) is 1. The molecule has 0 aliphatic carbocycles. The van der Waals surface area contributed by atoms with Gasteiger partial charge in [0.1, 0.15) is 0 Å². The molecule has 0 saturated heterocycles. The lowest BCUT2D eigenvalue weighted by molar-refractivity contribution is -0.119. The summed E-state index contributed by atoms with van der Waals surface area (Å²) in [5.74, 6) is 0.0844. The zero-order valence-corrected chi connectivity index (χ0v) is 11.6. The van der Waals surface area contributed by atoms with Crippen LogP contribution in [0.2, 0.25) is 0 Å². The van der Waals surface area contributed by atoms with Crippen LogP contribution in [0.3, 0.4) is 0 Å². The van der Waals surface area contributed by atoms with Gasteiger partial charge in [0.15, 0.2) is 0 Å². The Labute approximate surface area is 114 Å². The predicted molar refractivity (Wildman–Crippen MR) is 76.2 cm³/mol. The smallest absolute Gasteiger partial charge is 0.227 e. The summed E-state index contributed by atoms with van der Waals surface area (Å²) in [6.45, 7) is 4.40. The molecule has 1 heterocycles. The molecule has 1 aliphatic heterocycles. The number of anilines is 1. The first-order valence-corrected chi connectivity index (χ1v) is 6.75. The zero-order chi connectivity index (χ0) is 14.0. The number of hydrogen-bond donors (Lipinski definition) is 2. The van der Waals surface area contributed by atoms with Crippen molar-refractivity contribution in [3.8, 4) is 0 Å². The van der Waals surface area contributed by atoms with Crippen molar-refractivity contribution in [3.63, 3.8) is 0 Å². The molecule has 0 saturated carbocycles. The van der Waals surface area contributed by atoms with E-state index >= 15 is 0 Å². The fraction of sp³-hybridized carbons (Fsp3) is 0.533. The number of β-amino-alcohol motifs (C(OH)–C–C–N with tert-alkyl or cyclic N) is 1. The molecule has 0 atom stereocenters. The Morgan fingerprint density at radius 2 is 2.11 bits per heavy atom. The molecule has 1 amide bonds. The van der Waals surface area contributed by atoms with Gasteiger partial charge in [0, 0.05) is 12.1 Å². The molecule has 0 aromatic heterocycles. The summed E-state index contributed by atoms with van der Waals surface area (Å²) in [6, 6.07) is 6.12. The monoisotopic (exact) mass is 262 g/mol. The van der Waals surface area contributed by atoms with Gasteiger partial charge in [-0.2, -0.15) is 0 Å². The summed E-state index contributed by atoms with van der Waals surface area (Å²) >= 11 is 0. The number of carbonyl (C=O) groups is 1. The number of fused-ring (bicyclic) bond motifs is 1. The number of benzene rings is 1. The fourth-order valence-electron chi connectivity index (χ4n) is 2.50. The van der Waals surface area contributed by atoms with Gasteiger partial charge in [0.05, 0.1) is 12.1 Å². The highest BCUT2D eigenvalue weighted by Gasteiger charge is 2.28. The van der Waals surface area contributed by atoms with Crippen LogP contribution in [-0.4, -0.2) is 29.7 Å². The lowest BCUT2D eigenvalue weighted by Gasteiger charge is -2.34. The van der Waals surface area contributed by atoms with E-state index in [0.717, 1.165) is 18.5 Å². The highest BCUT2D eigenvalue weighted by atomic mass is 16.3. The van der Waals surface area contributed by atoms with E-state index in [1.165, 1.54) is 11.1 Å². The van der Waals surface area contributed by atoms with E-state index in [9.17, 15) is 9.90 Å². The van der Waals surface area contributed by atoms with Crippen molar-refractivity contribution >= 4 is 11.6 Å². The maximum Gasteiger partial charge on any atom is 0.227 e. The van der Waals surface area contributed by atoms with Crippen LogP contribution in [0.15, 0.2) is 18.2 Å². The first-order chi connectivity index (χ1) is 8.90. The Morgan fingerprint density at radius 1 is 1.37 bits per heavy atom. The van der Waals surface area contributed by atoms with Gasteiger partial charge in [-0.15, -0.1) is 0 Å². The molecule has 0 spiro atoms. The van der Waals surface area contributed by atoms with Gasteiger partial charge in [-0.25, -0.2) is 0 Å². The van der Waals surface area contributed by atoms with E-state index in [0.29, 0.717) is 19.5 Å². The Morgan fingerprint density at radius 3 is 2.74 bits per heavy atom. The number of amides is 1. The standard InChI is InChI=1S/C15H22N2O2/c1-15(2,19)10-17-13-5-3-11(7-8-16)9-12(13)4-6-14(17)18/h3,5,9,19H,4,6-8,10,16H2,1-2H3. The van der Waals surface area contributed by atoms with Crippen molar-refractivity contribution in [2.24, 2.45) is 5.73 Å². The SMILES string of the molecule is CC(C)(O)CN1C(=O)CCc2cc(CCN)ccc21. The van der Waals surface area contributed by atoms with Gasteiger partial charge in [-0.05, 0) is 50.4 Å². The first-order valence-electron chi connectivity index (χ1n) is 6.75. The normalized spacial score (nSPS) is 15.6. The summed E-state index contributed by atoms with van der Waals surface area (Å²) in [7, 11) is 0. The van der Waals surface area contributed by atoms with Crippen molar-refractivity contribution < 1.29 is 9.90 Å². The lowest BCUT2D eigenvalue weighted by atomic mass is 9.96. The number of nitrogens with zero attached hydrogens (tertiary/aromatic N) is 1. The van der Waals surface area contributed by atoms with E-state index in [1.807, 2.05) is 12.1 Å². The van der Waals surface area contributed by atoms with E-state index < -0.39 is 5.60 Å². The van der Waals surface area contributed by atoms with Crippen LogP contribution in [0.25, 0.3) is 0 Å². The minimum absolute atomic E-state index is 0.0844. The molecule has 1 aromatic carbocycles. The molecule has 1 aliphatic rings. The second-order valence-corrected chi connectivity index (χ2v) is 5.79. The van der Waals surface area contributed by atoms with Gasteiger partial charge in [-0.3, -0.25) is 4.79 Å². The molecule has 1 aromatic rings. The molecule has 4 heteroatoms. The topological polar surface area (TPSA) is 66.6 Å². The summed E-state index contributed by atoms with van der Waals surface area (Å²) in [6.07, 6.45) is 2.14. The Bertz CT molecular complexity index is 478. The molecule has 4 nitrogen and oxygen atoms in total. The van der Waals surface area contributed by atoms with Gasteiger partial charge >= 0.3 is 0 Å². The van der Waals surface area contributed by atoms with Crippen LogP contribution in [0.5, 0.6) is 0 Å². The van der Waals surface area contributed by atoms with Crippen molar-refractivity contribution in [2.75, 3.05) is 18.0 Å². The summed E-state index contributed by atoms with van der Waals surface area (Å²) in [5.41, 5.74) is 8.00. The third-order valence-corrected chi connectivity index (χ3v) is 3.32. The van der Waals surface area contributed by atoms with Crippen molar-refractivity contribution in [2.45, 2.75) is 38.7 Å². The molecule has 0 bridgehead atoms. The van der Waals surface area contributed by atoms with Gasteiger partial charge < -0.3 is 15.7 Å². The molecule has 104 valence electrons. The first kappa shape index (κ1) is 14.0. The summed E-state index contributed by atoms with van der Waals surface area (Å²) in [4.78, 5) is 13.7. The third-order valence-electron chi connectivity index (χ3n) is 3.32. The molecule has 2 rings (SSSR count). The van der Waals surface area contributed by atoms with E-state index in [-0.39, 0.29) is 5.91 Å². The third kappa shape index (κ3) is 3.33. The summed E-state index contributed by atoms with van der Waals surface area (Å²) < 4.78 is 0. The number of rotatable bonds is 4. The van der Waals surface area contributed by atoms with Crippen molar-refractivity contribution in [1.29, 1.82) is 0 Å². The Hall–Kier alpha value is -1.39. The van der Waals surface area contributed by atoms with Crippen molar-refractivity contribution in [1.82, 2.24) is 0 Å². The van der Waals surface area contributed by atoms with Crippen LogP contribution in [0.4, 0.5) is 5.69 Å². The highest BCUT2D eigenvalue weighted by molar-refractivity contribution is 5.96. The average molecular weight is 262 g/mol. The maximum absolute atomic E-state index is 12.0. The number of aliphatic hydroxyl groups is 1. The molecule has 19 heavy (non-hydrogen) atoms.